The number of rotatable bonds is 7. The number of hydrogen-bond acceptors (Lipinski definition) is 5. The summed E-state index contributed by atoms with van der Waals surface area (Å²) in [5, 5.41) is 0.494. The number of aryl methyl sites for hydroxylation is 1. The van der Waals surface area contributed by atoms with Gasteiger partial charge in [0.1, 0.15) is 5.58 Å². The van der Waals surface area contributed by atoms with Gasteiger partial charge in [0.2, 0.25) is 5.09 Å². The van der Waals surface area contributed by atoms with Gasteiger partial charge in [0.25, 0.3) is 10.0 Å². The quantitative estimate of drug-likeness (QED) is 0.300. The number of hydrogen-bond donors (Lipinski definition) is 0. The Bertz CT molecular complexity index is 1510. The number of Topliss-reactive ketones (excluding diaryl/α,β-unsaturated/α-hetero) is 1. The van der Waals surface area contributed by atoms with Crippen LogP contribution in [0.25, 0.3) is 22.2 Å². The van der Waals surface area contributed by atoms with E-state index in [4.69, 9.17) is 4.42 Å². The summed E-state index contributed by atoms with van der Waals surface area (Å²) in [6.07, 6.45) is -1.40. The van der Waals surface area contributed by atoms with Gasteiger partial charge in [-0.15, -0.1) is 0 Å². The van der Waals surface area contributed by atoms with Gasteiger partial charge >= 0.3 is 6.18 Å². The molecule has 0 unspecified atom stereocenters. The molecule has 0 saturated carbocycles. The average Bonchev–Trinajstić information content (AvgIpc) is 3.55. The number of alkyl halides is 3. The number of furan rings is 1. The Hall–Kier alpha value is -3.50. The number of nitrogens with zero attached hydrogens (tertiary/aromatic N) is 2. The molecular weight excluding hydrogens is 505 g/mol. The monoisotopic (exact) mass is 528 g/mol. The van der Waals surface area contributed by atoms with Gasteiger partial charge in [-0.05, 0) is 55.2 Å². The fourth-order valence-corrected chi connectivity index (χ4v) is 6.23. The molecule has 37 heavy (non-hydrogen) atoms. The number of fused-ring (bicyclic) bond motifs is 1. The van der Waals surface area contributed by atoms with E-state index < -0.39 is 27.8 Å². The third kappa shape index (κ3) is 5.17. The average molecular weight is 529 g/mol. The summed E-state index contributed by atoms with van der Waals surface area (Å²) in [6, 6.07) is 15.9. The summed E-state index contributed by atoms with van der Waals surface area (Å²) in [7, 11) is -3.98. The first kappa shape index (κ1) is 25.2. The first-order valence-corrected chi connectivity index (χ1v) is 13.2. The largest absolute Gasteiger partial charge is 0.443 e. The highest BCUT2D eigenvalue weighted by Gasteiger charge is 2.40. The Morgan fingerprint density at radius 1 is 1.05 bits per heavy atom. The number of benzene rings is 2. The van der Waals surface area contributed by atoms with Crippen molar-refractivity contribution in [2.75, 3.05) is 6.54 Å². The molecule has 6 nitrogen and oxygen atoms in total. The lowest BCUT2D eigenvalue weighted by molar-refractivity contribution is -0.137. The zero-order valence-electron chi connectivity index (χ0n) is 19.6. The predicted octanol–water partition coefficient (Wildman–Crippen LogP) is 5.87. The lowest BCUT2D eigenvalue weighted by Gasteiger charge is -2.21. The number of carbonyl (C=O) groups excluding carboxylic acids is 1. The first-order valence-electron chi connectivity index (χ1n) is 11.8. The lowest BCUT2D eigenvalue weighted by atomic mass is 10.0. The van der Waals surface area contributed by atoms with Gasteiger partial charge in [0.15, 0.2) is 5.78 Å². The standard InChI is InChI=1S/C27H23F3N2O4S/c28-27(29,30)21-10-8-19(9-11-21)22-16-18(13-14-31-22)7-12-24(33)23-5-3-15-32(23)37(34,35)26-17-20-4-1-2-6-25(20)36-26/h1-2,4,6,8-11,13-14,16-17,23H,3,5,7,12,15H2/t23-/m0/s1. The summed E-state index contributed by atoms with van der Waals surface area (Å²) in [5.74, 6) is -0.190. The number of sulfonamides is 1. The smallest absolute Gasteiger partial charge is 0.416 e. The van der Waals surface area contributed by atoms with Crippen molar-refractivity contribution < 1.29 is 30.8 Å². The van der Waals surface area contributed by atoms with Crippen LogP contribution < -0.4 is 0 Å². The topological polar surface area (TPSA) is 80.5 Å². The maximum Gasteiger partial charge on any atom is 0.416 e. The van der Waals surface area contributed by atoms with Crippen LogP contribution in [0.2, 0.25) is 0 Å². The molecule has 3 heterocycles. The van der Waals surface area contributed by atoms with Crippen molar-refractivity contribution in [3.8, 4) is 11.3 Å². The number of halogens is 3. The molecule has 1 aliphatic heterocycles. The minimum atomic E-state index is -4.42. The van der Waals surface area contributed by atoms with Gasteiger partial charge in [0, 0.05) is 36.2 Å². The first-order chi connectivity index (χ1) is 17.6. The maximum absolute atomic E-state index is 13.3. The molecular formula is C27H23F3N2O4S. The highest BCUT2D eigenvalue weighted by Crippen LogP contribution is 2.32. The Labute approximate surface area is 211 Å². The van der Waals surface area contributed by atoms with Crippen LogP contribution in [0.5, 0.6) is 0 Å². The van der Waals surface area contributed by atoms with Crippen LogP contribution in [0.4, 0.5) is 13.2 Å². The van der Waals surface area contributed by atoms with Gasteiger partial charge in [-0.1, -0.05) is 30.3 Å². The van der Waals surface area contributed by atoms with Crippen LogP contribution in [0.3, 0.4) is 0 Å². The Morgan fingerprint density at radius 2 is 1.81 bits per heavy atom. The molecule has 0 amide bonds. The second-order valence-electron chi connectivity index (χ2n) is 8.97. The van der Waals surface area contributed by atoms with Gasteiger partial charge in [-0.25, -0.2) is 8.42 Å². The number of ketones is 1. The molecule has 0 radical (unpaired) electrons. The van der Waals surface area contributed by atoms with Crippen LogP contribution >= 0.6 is 0 Å². The second-order valence-corrected chi connectivity index (χ2v) is 10.8. The van der Waals surface area contributed by atoms with Gasteiger partial charge < -0.3 is 4.42 Å². The SMILES string of the molecule is O=C(CCc1ccnc(-c2ccc(C(F)(F)F)cc2)c1)[C@@H]1CCCN1S(=O)(=O)c1cc2ccccc2o1. The highest BCUT2D eigenvalue weighted by molar-refractivity contribution is 7.89. The van der Waals surface area contributed by atoms with Crippen molar-refractivity contribution in [1.29, 1.82) is 0 Å². The third-order valence-corrected chi connectivity index (χ3v) is 8.30. The van der Waals surface area contributed by atoms with Crippen molar-refractivity contribution in [2.45, 2.75) is 43.0 Å². The molecule has 0 aliphatic carbocycles. The van der Waals surface area contributed by atoms with Crippen molar-refractivity contribution in [3.63, 3.8) is 0 Å². The van der Waals surface area contributed by atoms with Crippen LogP contribution in [0, 0.1) is 0 Å². The fourth-order valence-electron chi connectivity index (χ4n) is 4.60. The summed E-state index contributed by atoms with van der Waals surface area (Å²) < 4.78 is 71.9. The maximum atomic E-state index is 13.3. The molecule has 192 valence electrons. The van der Waals surface area contributed by atoms with E-state index in [-0.39, 0.29) is 23.8 Å². The number of aromatic nitrogens is 1. The molecule has 1 aliphatic rings. The van der Waals surface area contributed by atoms with Crippen LogP contribution in [0.1, 0.15) is 30.4 Å². The van der Waals surface area contributed by atoms with Crippen molar-refractivity contribution >= 4 is 26.8 Å². The molecule has 0 bridgehead atoms. The molecule has 2 aromatic heterocycles. The summed E-state index contributed by atoms with van der Waals surface area (Å²) >= 11 is 0. The zero-order valence-corrected chi connectivity index (χ0v) is 20.4. The van der Waals surface area contributed by atoms with E-state index in [1.165, 1.54) is 22.5 Å². The summed E-state index contributed by atoms with van der Waals surface area (Å²) in [4.78, 5) is 17.3. The fraction of sp³-hybridized carbons (Fsp3) is 0.259. The molecule has 1 saturated heterocycles. The normalized spacial score (nSPS) is 16.9. The van der Waals surface area contributed by atoms with Crippen molar-refractivity contribution in [3.05, 3.63) is 84.1 Å². The third-order valence-electron chi connectivity index (χ3n) is 6.53. The van der Waals surface area contributed by atoms with Crippen molar-refractivity contribution in [1.82, 2.24) is 9.29 Å². The number of para-hydroxylation sites is 1. The van der Waals surface area contributed by atoms with Gasteiger partial charge in [0.05, 0.1) is 17.3 Å². The second kappa shape index (κ2) is 9.75. The van der Waals surface area contributed by atoms with Crippen LogP contribution in [-0.4, -0.2) is 36.1 Å². The molecule has 5 rings (SSSR count). The molecule has 1 atom stereocenters. The molecule has 2 aromatic carbocycles. The molecule has 4 aromatic rings. The van der Waals surface area contributed by atoms with Gasteiger partial charge in [-0.2, -0.15) is 17.5 Å². The van der Waals surface area contributed by atoms with Crippen molar-refractivity contribution in [2.24, 2.45) is 0 Å². The minimum Gasteiger partial charge on any atom is -0.443 e. The lowest BCUT2D eigenvalue weighted by Crippen LogP contribution is -2.40. The molecule has 0 N–H and O–H groups in total. The Kier molecular flexibility index (Phi) is 6.63. The van der Waals surface area contributed by atoms with E-state index in [1.54, 1.807) is 42.6 Å². The predicted molar refractivity (Wildman–Crippen MR) is 131 cm³/mol. The summed E-state index contributed by atoms with van der Waals surface area (Å²) in [6.45, 7) is 0.239. The van der Waals surface area contributed by atoms with Crippen LogP contribution in [0.15, 0.2) is 82.4 Å². The van der Waals surface area contributed by atoms with E-state index in [9.17, 15) is 26.4 Å². The Balaban J connectivity index is 1.28. The Morgan fingerprint density at radius 3 is 2.54 bits per heavy atom. The number of pyridine rings is 1. The van der Waals surface area contributed by atoms with E-state index in [0.29, 0.717) is 41.5 Å². The molecule has 10 heteroatoms. The van der Waals surface area contributed by atoms with Crippen LogP contribution in [-0.2, 0) is 27.4 Å². The zero-order chi connectivity index (χ0) is 26.2. The summed E-state index contributed by atoms with van der Waals surface area (Å²) in [5.41, 5.74) is 1.53. The molecule has 1 fully saturated rings. The minimum absolute atomic E-state index is 0.118. The van der Waals surface area contributed by atoms with E-state index >= 15 is 0 Å². The van der Waals surface area contributed by atoms with E-state index in [2.05, 4.69) is 4.98 Å². The highest BCUT2D eigenvalue weighted by atomic mass is 32.2. The number of carbonyl (C=O) groups is 1. The van der Waals surface area contributed by atoms with E-state index in [0.717, 1.165) is 17.7 Å². The van der Waals surface area contributed by atoms with E-state index in [1.807, 2.05) is 0 Å². The van der Waals surface area contributed by atoms with Gasteiger partial charge in [-0.3, -0.25) is 9.78 Å². The molecule has 0 spiro atoms.